The minimum absolute atomic E-state index is 0.0111. The van der Waals surface area contributed by atoms with Gasteiger partial charge in [0.05, 0.1) is 33.9 Å². The maximum atomic E-state index is 14.7. The molecule has 1 saturated heterocycles. The van der Waals surface area contributed by atoms with Crippen LogP contribution < -0.4 is 20.9 Å². The van der Waals surface area contributed by atoms with Crippen LogP contribution in [0.3, 0.4) is 0 Å². The van der Waals surface area contributed by atoms with Crippen LogP contribution in [0.1, 0.15) is 10.4 Å². The van der Waals surface area contributed by atoms with Crippen LogP contribution >= 0.6 is 0 Å². The third-order valence-corrected chi connectivity index (χ3v) is 6.32. The number of nitrogens with zero attached hydrogens (tertiary/aromatic N) is 5. The van der Waals surface area contributed by atoms with Gasteiger partial charge in [0.2, 0.25) is 0 Å². The molecule has 0 atom stereocenters. The highest BCUT2D eigenvalue weighted by atomic mass is 19.1. The fourth-order valence-corrected chi connectivity index (χ4v) is 4.59. The van der Waals surface area contributed by atoms with Gasteiger partial charge < -0.3 is 20.2 Å². The highest BCUT2D eigenvalue weighted by molar-refractivity contribution is 6.45. The summed E-state index contributed by atoms with van der Waals surface area (Å²) in [6.45, 7) is 1.87. The third kappa shape index (κ3) is 3.53. The van der Waals surface area contributed by atoms with Crippen LogP contribution in [0.25, 0.3) is 21.8 Å². The number of hydrogen-bond acceptors (Lipinski definition) is 8. The first-order chi connectivity index (χ1) is 17.1. The Hall–Kier alpha value is -4.51. The normalized spacial score (nSPS) is 15.7. The number of nitrogens with one attached hydrogen (secondary N) is 3. The Balaban J connectivity index is 1.22. The second-order valence-corrected chi connectivity index (χ2v) is 8.28. The number of halogens is 1. The number of aromatic amines is 1. The van der Waals surface area contributed by atoms with Gasteiger partial charge in [-0.15, -0.1) is 5.53 Å². The second kappa shape index (κ2) is 8.37. The van der Waals surface area contributed by atoms with Crippen LogP contribution in [0.5, 0.6) is 0 Å². The molecule has 0 saturated carbocycles. The molecule has 11 heteroatoms. The molecule has 0 aliphatic carbocycles. The number of hydrogen-bond donors (Lipinski definition) is 3. The van der Waals surface area contributed by atoms with E-state index < -0.39 is 17.5 Å². The number of carbonyl (C=O) groups excluding carboxylic acids is 2. The number of anilines is 2. The molecule has 6 rings (SSSR count). The van der Waals surface area contributed by atoms with Crippen molar-refractivity contribution >= 4 is 45.0 Å². The Bertz CT molecular complexity index is 1490. The van der Waals surface area contributed by atoms with Crippen LogP contribution in [-0.4, -0.2) is 57.7 Å². The van der Waals surface area contributed by atoms with Crippen molar-refractivity contribution in [2.24, 2.45) is 0 Å². The first-order valence-corrected chi connectivity index (χ1v) is 11.2. The molecule has 0 bridgehead atoms. The summed E-state index contributed by atoms with van der Waals surface area (Å²) in [6, 6.07) is 9.92. The van der Waals surface area contributed by atoms with Gasteiger partial charge in [0.15, 0.2) is 11.6 Å². The van der Waals surface area contributed by atoms with Crippen LogP contribution in [0.4, 0.5) is 15.9 Å². The molecule has 35 heavy (non-hydrogen) atoms. The summed E-state index contributed by atoms with van der Waals surface area (Å²) in [5.74, 6) is -1.71. The van der Waals surface area contributed by atoms with E-state index >= 15 is 0 Å². The molecule has 2 aliphatic rings. The van der Waals surface area contributed by atoms with E-state index in [2.05, 4.69) is 30.8 Å². The summed E-state index contributed by atoms with van der Waals surface area (Å²) in [5, 5.41) is 2.62. The SMILES string of the molecule is O=C(C(=O)N1CCN(c2cccc3cccnc23)CC1)c1c[nH]c2c(N3C=CNN3)ncc(F)c12. The van der Waals surface area contributed by atoms with Crippen LogP contribution in [0.2, 0.25) is 0 Å². The standard InChI is InChI=1S/C24H21FN8O2/c25-17-14-28-23(33-8-7-29-30-33)21-19(17)16(13-27-21)22(34)24(35)32-11-9-31(10-12-32)18-5-1-3-15-4-2-6-26-20(15)18/h1-8,13-14,27,29-30H,9-12H2. The molecule has 0 radical (unpaired) electrons. The van der Waals surface area contributed by atoms with Crippen LogP contribution in [0.15, 0.2) is 61.3 Å². The quantitative estimate of drug-likeness (QED) is 0.306. The molecule has 3 aromatic heterocycles. The number of para-hydroxylation sites is 1. The number of aromatic nitrogens is 3. The monoisotopic (exact) mass is 472 g/mol. The van der Waals surface area contributed by atoms with Crippen molar-refractivity contribution in [3.05, 3.63) is 72.7 Å². The van der Waals surface area contributed by atoms with E-state index in [-0.39, 0.29) is 10.9 Å². The number of piperazine rings is 1. The lowest BCUT2D eigenvalue weighted by Gasteiger charge is -2.36. The fourth-order valence-electron chi connectivity index (χ4n) is 4.59. The van der Waals surface area contributed by atoms with E-state index in [1.165, 1.54) is 16.1 Å². The Kier molecular flexibility index (Phi) is 5.03. The smallest absolute Gasteiger partial charge is 0.295 e. The summed E-state index contributed by atoms with van der Waals surface area (Å²) in [4.78, 5) is 41.5. The molecule has 1 amide bonds. The van der Waals surface area contributed by atoms with Gasteiger partial charge in [-0.05, 0) is 12.1 Å². The van der Waals surface area contributed by atoms with Gasteiger partial charge in [0, 0.05) is 56.4 Å². The molecule has 10 nitrogen and oxygen atoms in total. The molecule has 0 spiro atoms. The van der Waals surface area contributed by atoms with E-state index in [1.54, 1.807) is 18.6 Å². The van der Waals surface area contributed by atoms with Crippen molar-refractivity contribution in [3.63, 3.8) is 0 Å². The van der Waals surface area contributed by atoms with Crippen molar-refractivity contribution in [2.75, 3.05) is 36.1 Å². The summed E-state index contributed by atoms with van der Waals surface area (Å²) in [6.07, 6.45) is 7.47. The number of ketones is 1. The van der Waals surface area contributed by atoms with Gasteiger partial charge in [-0.2, -0.15) is 0 Å². The Morgan fingerprint density at radius 2 is 1.86 bits per heavy atom. The first-order valence-electron chi connectivity index (χ1n) is 11.2. The largest absolute Gasteiger partial charge is 0.366 e. The van der Waals surface area contributed by atoms with Crippen molar-refractivity contribution < 1.29 is 14.0 Å². The lowest BCUT2D eigenvalue weighted by atomic mass is 10.1. The number of carbonyl (C=O) groups is 2. The Morgan fingerprint density at radius 1 is 1.03 bits per heavy atom. The molecule has 1 aromatic carbocycles. The maximum Gasteiger partial charge on any atom is 0.295 e. The zero-order chi connectivity index (χ0) is 23.9. The van der Waals surface area contributed by atoms with Crippen LogP contribution in [0, 0.1) is 5.82 Å². The zero-order valence-corrected chi connectivity index (χ0v) is 18.5. The highest BCUT2D eigenvalue weighted by Crippen LogP contribution is 2.30. The van der Waals surface area contributed by atoms with E-state index in [9.17, 15) is 14.0 Å². The topological polar surface area (TPSA) is 109 Å². The van der Waals surface area contributed by atoms with E-state index in [0.717, 1.165) is 22.8 Å². The number of Topliss-reactive ketones (excluding diaryl/α,β-unsaturated/α-hetero) is 1. The predicted molar refractivity (Wildman–Crippen MR) is 129 cm³/mol. The minimum Gasteiger partial charge on any atom is -0.366 e. The number of pyridine rings is 2. The first kappa shape index (κ1) is 21.1. The average molecular weight is 472 g/mol. The summed E-state index contributed by atoms with van der Waals surface area (Å²) >= 11 is 0. The number of hydrazine groups is 2. The number of benzene rings is 1. The predicted octanol–water partition coefficient (Wildman–Crippen LogP) is 2.08. The van der Waals surface area contributed by atoms with Gasteiger partial charge in [0.1, 0.15) is 0 Å². The van der Waals surface area contributed by atoms with Gasteiger partial charge >= 0.3 is 0 Å². The van der Waals surface area contributed by atoms with Gasteiger partial charge in [-0.3, -0.25) is 14.6 Å². The molecule has 4 aromatic rings. The third-order valence-electron chi connectivity index (χ3n) is 6.32. The van der Waals surface area contributed by atoms with E-state index in [1.807, 2.05) is 30.3 Å². The molecule has 2 aliphatic heterocycles. The lowest BCUT2D eigenvalue weighted by Crippen LogP contribution is -2.50. The highest BCUT2D eigenvalue weighted by Gasteiger charge is 2.30. The molecule has 5 heterocycles. The van der Waals surface area contributed by atoms with Gasteiger partial charge in [-0.1, -0.05) is 18.2 Å². The summed E-state index contributed by atoms with van der Waals surface area (Å²) in [5.41, 5.74) is 7.81. The number of amides is 1. The van der Waals surface area contributed by atoms with Crippen molar-refractivity contribution in [3.8, 4) is 0 Å². The maximum absolute atomic E-state index is 14.7. The Morgan fingerprint density at radius 3 is 2.66 bits per heavy atom. The summed E-state index contributed by atoms with van der Waals surface area (Å²) in [7, 11) is 0. The Labute approximate surface area is 199 Å². The van der Waals surface area contributed by atoms with Crippen molar-refractivity contribution in [2.45, 2.75) is 0 Å². The second-order valence-electron chi connectivity index (χ2n) is 8.28. The number of fused-ring (bicyclic) bond motifs is 2. The molecular weight excluding hydrogens is 451 g/mol. The average Bonchev–Trinajstić information content (AvgIpc) is 3.59. The number of rotatable bonds is 4. The molecule has 1 fully saturated rings. The van der Waals surface area contributed by atoms with E-state index in [0.29, 0.717) is 37.5 Å². The molecule has 3 N–H and O–H groups in total. The minimum atomic E-state index is -0.754. The van der Waals surface area contributed by atoms with Crippen molar-refractivity contribution in [1.82, 2.24) is 30.8 Å². The molecule has 0 unspecified atom stereocenters. The molecule has 176 valence electrons. The lowest BCUT2D eigenvalue weighted by molar-refractivity contribution is -0.126. The number of H-pyrrole nitrogens is 1. The van der Waals surface area contributed by atoms with E-state index in [4.69, 9.17) is 0 Å². The molecular formula is C24H21FN8O2. The van der Waals surface area contributed by atoms with Gasteiger partial charge in [0.25, 0.3) is 11.7 Å². The van der Waals surface area contributed by atoms with Crippen LogP contribution in [-0.2, 0) is 4.79 Å². The fraction of sp³-hybridized carbons (Fsp3) is 0.167. The zero-order valence-electron chi connectivity index (χ0n) is 18.5. The summed E-state index contributed by atoms with van der Waals surface area (Å²) < 4.78 is 14.7. The van der Waals surface area contributed by atoms with Gasteiger partial charge in [-0.25, -0.2) is 14.4 Å². The van der Waals surface area contributed by atoms with Crippen molar-refractivity contribution in [1.29, 1.82) is 0 Å².